The van der Waals surface area contributed by atoms with E-state index in [1.165, 1.54) is 11.8 Å². The monoisotopic (exact) mass is 276 g/mol. The second-order valence-corrected chi connectivity index (χ2v) is 5.61. The zero-order valence-corrected chi connectivity index (χ0v) is 12.0. The molecule has 0 radical (unpaired) electrons. The van der Waals surface area contributed by atoms with Gasteiger partial charge in [0.15, 0.2) is 0 Å². The summed E-state index contributed by atoms with van der Waals surface area (Å²) in [6.07, 6.45) is 1.66. The molecule has 0 saturated heterocycles. The Kier molecular flexibility index (Phi) is 4.21. The lowest BCUT2D eigenvalue weighted by molar-refractivity contribution is -0.127. The van der Waals surface area contributed by atoms with Crippen LogP contribution in [0, 0.1) is 0 Å². The highest BCUT2D eigenvalue weighted by molar-refractivity contribution is 8.00. The van der Waals surface area contributed by atoms with Gasteiger partial charge < -0.3 is 4.90 Å². The van der Waals surface area contributed by atoms with Crippen LogP contribution in [0.1, 0.15) is 6.92 Å². The molecule has 6 heteroatoms. The molecule has 1 atom stereocenters. The van der Waals surface area contributed by atoms with Gasteiger partial charge in [-0.25, -0.2) is 9.67 Å². The highest BCUT2D eigenvalue weighted by Gasteiger charge is 2.18. The predicted octanol–water partition coefficient (Wildman–Crippen LogP) is 1.84. The summed E-state index contributed by atoms with van der Waals surface area (Å²) in [6.45, 7) is 1.86. The molecule has 1 heterocycles. The van der Waals surface area contributed by atoms with E-state index in [0.29, 0.717) is 5.16 Å². The number of carbonyl (C=O) groups is 1. The first kappa shape index (κ1) is 13.6. The third kappa shape index (κ3) is 3.35. The maximum Gasteiger partial charge on any atom is 0.235 e. The van der Waals surface area contributed by atoms with Crippen molar-refractivity contribution in [2.45, 2.75) is 17.3 Å². The Hall–Kier alpha value is -1.82. The van der Waals surface area contributed by atoms with E-state index in [1.807, 2.05) is 37.3 Å². The van der Waals surface area contributed by atoms with Gasteiger partial charge >= 0.3 is 0 Å². The van der Waals surface area contributed by atoms with Crippen molar-refractivity contribution in [1.82, 2.24) is 19.7 Å². The summed E-state index contributed by atoms with van der Waals surface area (Å²) in [5.74, 6) is 0.0565. The second-order valence-electron chi connectivity index (χ2n) is 4.30. The molecule has 0 saturated carbocycles. The summed E-state index contributed by atoms with van der Waals surface area (Å²) in [5.41, 5.74) is 0.952. The fourth-order valence-electron chi connectivity index (χ4n) is 1.58. The smallest absolute Gasteiger partial charge is 0.235 e. The van der Waals surface area contributed by atoms with Crippen LogP contribution in [0.15, 0.2) is 41.8 Å². The molecule has 0 bridgehead atoms. The number of hydrogen-bond donors (Lipinski definition) is 0. The van der Waals surface area contributed by atoms with Crippen LogP contribution in [0.2, 0.25) is 0 Å². The number of aromatic nitrogens is 3. The SMILES string of the molecule is CC(Sc1ncn(-c2ccccc2)n1)C(=O)N(C)C. The molecule has 0 aliphatic heterocycles. The molecule has 0 fully saturated rings. The van der Waals surface area contributed by atoms with E-state index in [-0.39, 0.29) is 11.2 Å². The average Bonchev–Trinajstić information content (AvgIpc) is 2.87. The number of benzene rings is 1. The largest absolute Gasteiger partial charge is 0.348 e. The number of thioether (sulfide) groups is 1. The summed E-state index contributed by atoms with van der Waals surface area (Å²) >= 11 is 1.36. The molecule has 5 nitrogen and oxygen atoms in total. The molecule has 1 unspecified atom stereocenters. The topological polar surface area (TPSA) is 51.0 Å². The lowest BCUT2D eigenvalue weighted by atomic mass is 10.3. The standard InChI is InChI=1S/C13H16N4OS/c1-10(12(18)16(2)3)19-13-14-9-17(15-13)11-7-5-4-6-8-11/h4-10H,1-3H3. The molecule has 0 N–H and O–H groups in total. The zero-order valence-electron chi connectivity index (χ0n) is 11.1. The summed E-state index contributed by atoms with van der Waals surface area (Å²) in [7, 11) is 3.49. The van der Waals surface area contributed by atoms with E-state index in [2.05, 4.69) is 10.1 Å². The first-order valence-corrected chi connectivity index (χ1v) is 6.81. The van der Waals surface area contributed by atoms with Crippen molar-refractivity contribution < 1.29 is 4.79 Å². The summed E-state index contributed by atoms with van der Waals surface area (Å²) < 4.78 is 1.70. The fourth-order valence-corrected chi connectivity index (χ4v) is 2.45. The van der Waals surface area contributed by atoms with Crippen LogP contribution < -0.4 is 0 Å². The Morgan fingerprint density at radius 3 is 2.63 bits per heavy atom. The minimum Gasteiger partial charge on any atom is -0.348 e. The lowest BCUT2D eigenvalue weighted by Gasteiger charge is -2.14. The summed E-state index contributed by atoms with van der Waals surface area (Å²) in [4.78, 5) is 17.6. The molecule has 0 aliphatic rings. The van der Waals surface area contributed by atoms with Crippen LogP contribution in [0.3, 0.4) is 0 Å². The van der Waals surface area contributed by atoms with Gasteiger partial charge in [-0.05, 0) is 19.1 Å². The number of rotatable bonds is 4. The van der Waals surface area contributed by atoms with E-state index < -0.39 is 0 Å². The number of hydrogen-bond acceptors (Lipinski definition) is 4. The van der Waals surface area contributed by atoms with Crippen molar-refractivity contribution in [1.29, 1.82) is 0 Å². The van der Waals surface area contributed by atoms with Crippen LogP contribution >= 0.6 is 11.8 Å². The molecule has 2 rings (SSSR count). The Labute approximate surface area is 116 Å². The average molecular weight is 276 g/mol. The minimum atomic E-state index is -0.193. The fraction of sp³-hybridized carbons (Fsp3) is 0.308. The van der Waals surface area contributed by atoms with Crippen molar-refractivity contribution in [2.24, 2.45) is 0 Å². The highest BCUT2D eigenvalue weighted by Crippen LogP contribution is 2.20. The van der Waals surface area contributed by atoms with Crippen LogP contribution in [-0.4, -0.2) is 44.9 Å². The third-order valence-corrected chi connectivity index (χ3v) is 3.52. The first-order chi connectivity index (χ1) is 9.08. The van der Waals surface area contributed by atoms with E-state index >= 15 is 0 Å². The molecular formula is C13H16N4OS. The van der Waals surface area contributed by atoms with Gasteiger partial charge in [-0.1, -0.05) is 30.0 Å². The normalized spacial score (nSPS) is 12.2. The van der Waals surface area contributed by atoms with Gasteiger partial charge in [-0.3, -0.25) is 4.79 Å². The summed E-state index contributed by atoms with van der Waals surface area (Å²) in [6, 6.07) is 9.76. The first-order valence-electron chi connectivity index (χ1n) is 5.93. The van der Waals surface area contributed by atoms with Gasteiger partial charge in [-0.2, -0.15) is 0 Å². The molecule has 100 valence electrons. The third-order valence-electron chi connectivity index (χ3n) is 2.56. The van der Waals surface area contributed by atoms with Crippen LogP contribution in [0.4, 0.5) is 0 Å². The zero-order chi connectivity index (χ0) is 13.8. The number of para-hydroxylation sites is 1. The van der Waals surface area contributed by atoms with E-state index in [1.54, 1.807) is 30.0 Å². The Morgan fingerprint density at radius 2 is 2.00 bits per heavy atom. The number of nitrogens with zero attached hydrogens (tertiary/aromatic N) is 4. The van der Waals surface area contributed by atoms with Crippen molar-refractivity contribution in [3.8, 4) is 5.69 Å². The molecule has 1 amide bonds. The van der Waals surface area contributed by atoms with Gasteiger partial charge in [0, 0.05) is 14.1 Å². The quantitative estimate of drug-likeness (QED) is 0.800. The molecule has 19 heavy (non-hydrogen) atoms. The molecule has 2 aromatic rings. The lowest BCUT2D eigenvalue weighted by Crippen LogP contribution is -2.29. The predicted molar refractivity (Wildman–Crippen MR) is 75.4 cm³/mol. The Bertz CT molecular complexity index is 553. The molecule has 0 spiro atoms. The summed E-state index contributed by atoms with van der Waals surface area (Å²) in [5, 5.41) is 4.77. The van der Waals surface area contributed by atoms with Crippen molar-refractivity contribution in [2.75, 3.05) is 14.1 Å². The molecule has 0 aliphatic carbocycles. The number of amides is 1. The van der Waals surface area contributed by atoms with E-state index in [9.17, 15) is 4.79 Å². The van der Waals surface area contributed by atoms with Crippen LogP contribution in [0.25, 0.3) is 5.69 Å². The number of carbonyl (C=O) groups excluding carboxylic acids is 1. The van der Waals surface area contributed by atoms with Crippen molar-refractivity contribution >= 4 is 17.7 Å². The molecular weight excluding hydrogens is 260 g/mol. The van der Waals surface area contributed by atoms with Gasteiger partial charge in [0.1, 0.15) is 6.33 Å². The van der Waals surface area contributed by atoms with Gasteiger partial charge in [0.05, 0.1) is 10.9 Å². The maximum absolute atomic E-state index is 11.8. The van der Waals surface area contributed by atoms with Gasteiger partial charge in [0.25, 0.3) is 0 Å². The maximum atomic E-state index is 11.8. The molecule has 1 aromatic heterocycles. The van der Waals surface area contributed by atoms with E-state index in [0.717, 1.165) is 5.69 Å². The molecule has 1 aromatic carbocycles. The van der Waals surface area contributed by atoms with Gasteiger partial charge in [0.2, 0.25) is 11.1 Å². The van der Waals surface area contributed by atoms with E-state index in [4.69, 9.17) is 0 Å². The highest BCUT2D eigenvalue weighted by atomic mass is 32.2. The van der Waals surface area contributed by atoms with Crippen molar-refractivity contribution in [3.63, 3.8) is 0 Å². The van der Waals surface area contributed by atoms with Crippen molar-refractivity contribution in [3.05, 3.63) is 36.7 Å². The Balaban J connectivity index is 2.08. The van der Waals surface area contributed by atoms with Gasteiger partial charge in [-0.15, -0.1) is 5.10 Å². The Morgan fingerprint density at radius 1 is 1.32 bits per heavy atom. The second kappa shape index (κ2) is 5.88. The van der Waals surface area contributed by atoms with Crippen LogP contribution in [-0.2, 0) is 4.79 Å². The minimum absolute atomic E-state index is 0.0565. The van der Waals surface area contributed by atoms with Crippen LogP contribution in [0.5, 0.6) is 0 Å².